The molecule has 0 saturated carbocycles. The van der Waals surface area contributed by atoms with Crippen LogP contribution in [0, 0.1) is 12.3 Å². The number of carbonyl (C=O) groups excluding carboxylic acids is 1. The number of nitrogens with two attached hydrogens (primary N) is 1. The van der Waals surface area contributed by atoms with Gasteiger partial charge >= 0.3 is 6.03 Å². The maximum atomic E-state index is 12.2. The third kappa shape index (κ3) is 3.45. The monoisotopic (exact) mass is 290 g/mol. The largest absolute Gasteiger partial charge is 0.409 e. The normalized spacial score (nSPS) is 18.4. The van der Waals surface area contributed by atoms with E-state index in [0.29, 0.717) is 25.9 Å². The number of amides is 2. The molecule has 1 saturated heterocycles. The number of urea groups is 1. The van der Waals surface area contributed by atoms with E-state index in [1.165, 1.54) is 0 Å². The first-order valence-electron chi connectivity index (χ1n) is 7.05. The highest BCUT2D eigenvalue weighted by molar-refractivity contribution is 5.90. The lowest BCUT2D eigenvalue weighted by atomic mass is 9.79. The van der Waals surface area contributed by atoms with Crippen LogP contribution in [0.5, 0.6) is 0 Å². The van der Waals surface area contributed by atoms with Crippen LogP contribution in [0.4, 0.5) is 10.5 Å². The summed E-state index contributed by atoms with van der Waals surface area (Å²) in [5.74, 6) is 0.237. The number of benzene rings is 1. The predicted octanol–water partition coefficient (Wildman–Crippen LogP) is 2.38. The molecule has 0 spiro atoms. The molecular weight excluding hydrogens is 268 g/mol. The Balaban J connectivity index is 1.95. The fourth-order valence-corrected chi connectivity index (χ4v) is 2.51. The van der Waals surface area contributed by atoms with Gasteiger partial charge in [0, 0.05) is 24.2 Å². The quantitative estimate of drug-likeness (QED) is 0.338. The molecule has 0 bridgehead atoms. The van der Waals surface area contributed by atoms with Gasteiger partial charge < -0.3 is 21.2 Å². The zero-order valence-electron chi connectivity index (χ0n) is 12.5. The van der Waals surface area contributed by atoms with E-state index in [2.05, 4.69) is 10.5 Å². The number of oxime groups is 1. The maximum absolute atomic E-state index is 12.2. The molecule has 1 fully saturated rings. The molecule has 21 heavy (non-hydrogen) atoms. The van der Waals surface area contributed by atoms with Crippen LogP contribution in [0.2, 0.25) is 0 Å². The molecule has 2 rings (SSSR count). The molecule has 0 aromatic heterocycles. The third-order valence-electron chi connectivity index (χ3n) is 4.15. The average Bonchev–Trinajstić information content (AvgIpc) is 2.47. The summed E-state index contributed by atoms with van der Waals surface area (Å²) in [5, 5.41) is 14.8. The van der Waals surface area contributed by atoms with Gasteiger partial charge in [0.05, 0.1) is 0 Å². The van der Waals surface area contributed by atoms with Crippen LogP contribution < -0.4 is 11.1 Å². The minimum Gasteiger partial charge on any atom is -0.409 e. The van der Waals surface area contributed by atoms with Crippen molar-refractivity contribution < 1.29 is 10.0 Å². The third-order valence-corrected chi connectivity index (χ3v) is 4.15. The van der Waals surface area contributed by atoms with Gasteiger partial charge in [0.15, 0.2) is 0 Å². The lowest BCUT2D eigenvalue weighted by Crippen LogP contribution is -2.48. The molecule has 1 aliphatic rings. The van der Waals surface area contributed by atoms with Crippen LogP contribution in [0.3, 0.4) is 0 Å². The Morgan fingerprint density at radius 1 is 1.43 bits per heavy atom. The lowest BCUT2D eigenvalue weighted by molar-refractivity contribution is 0.168. The van der Waals surface area contributed by atoms with Crippen molar-refractivity contribution in [3.8, 4) is 0 Å². The Labute approximate surface area is 124 Å². The topological polar surface area (TPSA) is 91.0 Å². The van der Waals surface area contributed by atoms with Crippen LogP contribution in [-0.4, -0.2) is 35.1 Å². The molecule has 0 aliphatic carbocycles. The van der Waals surface area contributed by atoms with Gasteiger partial charge in [-0.3, -0.25) is 0 Å². The van der Waals surface area contributed by atoms with E-state index in [1.807, 2.05) is 38.1 Å². The van der Waals surface area contributed by atoms with E-state index in [9.17, 15) is 4.79 Å². The van der Waals surface area contributed by atoms with Gasteiger partial charge in [-0.1, -0.05) is 24.2 Å². The second kappa shape index (κ2) is 6.03. The molecule has 1 aromatic rings. The SMILES string of the molecule is Cc1cccc(NC(=O)N2CCC(C)(/C(N)=N/O)CC2)c1. The van der Waals surface area contributed by atoms with E-state index in [-0.39, 0.29) is 17.3 Å². The summed E-state index contributed by atoms with van der Waals surface area (Å²) in [7, 11) is 0. The molecule has 1 aromatic carbocycles. The standard InChI is InChI=1S/C15H22N4O2/c1-11-4-3-5-12(10-11)17-14(20)19-8-6-15(2,7-9-19)13(16)18-21/h3-5,10,21H,6-9H2,1-2H3,(H2,16,18)(H,17,20). The Morgan fingerprint density at radius 3 is 2.67 bits per heavy atom. The number of rotatable bonds is 2. The van der Waals surface area contributed by atoms with Gasteiger partial charge in [-0.25, -0.2) is 4.79 Å². The maximum Gasteiger partial charge on any atom is 0.321 e. The van der Waals surface area contributed by atoms with Crippen LogP contribution >= 0.6 is 0 Å². The number of aryl methyl sites for hydroxylation is 1. The number of hydrogen-bond acceptors (Lipinski definition) is 3. The molecule has 1 heterocycles. The predicted molar refractivity (Wildman–Crippen MR) is 82.5 cm³/mol. The number of amidine groups is 1. The van der Waals surface area contributed by atoms with Crippen molar-refractivity contribution in [2.45, 2.75) is 26.7 Å². The second-order valence-corrected chi connectivity index (χ2v) is 5.83. The van der Waals surface area contributed by atoms with Crippen LogP contribution in [0.25, 0.3) is 0 Å². The van der Waals surface area contributed by atoms with Gasteiger partial charge in [0.2, 0.25) is 0 Å². The van der Waals surface area contributed by atoms with E-state index in [1.54, 1.807) is 4.90 Å². The molecule has 0 atom stereocenters. The van der Waals surface area contributed by atoms with Crippen molar-refractivity contribution in [2.75, 3.05) is 18.4 Å². The van der Waals surface area contributed by atoms with E-state index < -0.39 is 0 Å². The molecule has 6 heteroatoms. The van der Waals surface area contributed by atoms with E-state index >= 15 is 0 Å². The van der Waals surface area contributed by atoms with E-state index in [0.717, 1.165) is 11.3 Å². The van der Waals surface area contributed by atoms with E-state index in [4.69, 9.17) is 10.9 Å². The molecule has 0 unspecified atom stereocenters. The minimum atomic E-state index is -0.338. The zero-order valence-corrected chi connectivity index (χ0v) is 12.5. The molecule has 114 valence electrons. The average molecular weight is 290 g/mol. The minimum absolute atomic E-state index is 0.109. The number of likely N-dealkylation sites (tertiary alicyclic amines) is 1. The Kier molecular flexibility index (Phi) is 4.35. The lowest BCUT2D eigenvalue weighted by Gasteiger charge is -2.38. The molecule has 6 nitrogen and oxygen atoms in total. The highest BCUT2D eigenvalue weighted by Crippen LogP contribution is 2.31. The summed E-state index contributed by atoms with van der Waals surface area (Å²) in [6, 6.07) is 7.59. The Morgan fingerprint density at radius 2 is 2.10 bits per heavy atom. The highest BCUT2D eigenvalue weighted by Gasteiger charge is 2.35. The van der Waals surface area contributed by atoms with Crippen LogP contribution in [-0.2, 0) is 0 Å². The van der Waals surface area contributed by atoms with Crippen LogP contribution in [0.15, 0.2) is 29.4 Å². The first-order valence-corrected chi connectivity index (χ1v) is 7.05. The highest BCUT2D eigenvalue weighted by atomic mass is 16.4. The summed E-state index contributed by atoms with van der Waals surface area (Å²) in [5.41, 5.74) is 7.29. The van der Waals surface area contributed by atoms with Gasteiger partial charge in [-0.05, 0) is 37.5 Å². The molecule has 0 radical (unpaired) electrons. The van der Waals surface area contributed by atoms with Gasteiger partial charge in [-0.15, -0.1) is 0 Å². The van der Waals surface area contributed by atoms with Crippen molar-refractivity contribution >= 4 is 17.6 Å². The number of hydrogen-bond donors (Lipinski definition) is 3. The smallest absolute Gasteiger partial charge is 0.321 e. The first kappa shape index (κ1) is 15.2. The van der Waals surface area contributed by atoms with Crippen molar-refractivity contribution in [1.82, 2.24) is 4.90 Å². The molecular formula is C15H22N4O2. The number of piperidine rings is 1. The summed E-state index contributed by atoms with van der Waals surface area (Å²) < 4.78 is 0. The number of nitrogens with one attached hydrogen (secondary N) is 1. The van der Waals surface area contributed by atoms with Gasteiger partial charge in [-0.2, -0.15) is 0 Å². The van der Waals surface area contributed by atoms with Gasteiger partial charge in [0.1, 0.15) is 5.84 Å². The van der Waals surface area contributed by atoms with Crippen molar-refractivity contribution in [3.63, 3.8) is 0 Å². The number of anilines is 1. The Bertz CT molecular complexity index is 548. The molecule has 1 aliphatic heterocycles. The summed E-state index contributed by atoms with van der Waals surface area (Å²) in [6.45, 7) is 5.12. The van der Waals surface area contributed by atoms with Crippen molar-refractivity contribution in [2.24, 2.45) is 16.3 Å². The Hall–Kier alpha value is -2.24. The van der Waals surface area contributed by atoms with Gasteiger partial charge in [0.25, 0.3) is 0 Å². The molecule has 4 N–H and O–H groups in total. The fraction of sp³-hybridized carbons (Fsp3) is 0.467. The second-order valence-electron chi connectivity index (χ2n) is 5.83. The van der Waals surface area contributed by atoms with Crippen molar-refractivity contribution in [1.29, 1.82) is 0 Å². The van der Waals surface area contributed by atoms with Crippen LogP contribution in [0.1, 0.15) is 25.3 Å². The summed E-state index contributed by atoms with van der Waals surface area (Å²) >= 11 is 0. The fourth-order valence-electron chi connectivity index (χ4n) is 2.51. The molecule has 2 amide bonds. The number of carbonyl (C=O) groups is 1. The number of nitrogens with zero attached hydrogens (tertiary/aromatic N) is 2. The van der Waals surface area contributed by atoms with Crippen molar-refractivity contribution in [3.05, 3.63) is 29.8 Å². The summed E-state index contributed by atoms with van der Waals surface area (Å²) in [4.78, 5) is 14.0. The summed E-state index contributed by atoms with van der Waals surface area (Å²) in [6.07, 6.45) is 1.37. The first-order chi connectivity index (χ1) is 9.94. The zero-order chi connectivity index (χ0) is 15.5.